The van der Waals surface area contributed by atoms with Crippen LogP contribution in [0.5, 0.6) is 5.75 Å². The van der Waals surface area contributed by atoms with E-state index in [4.69, 9.17) is 0 Å². The molecule has 0 bridgehead atoms. The van der Waals surface area contributed by atoms with Crippen molar-refractivity contribution in [1.82, 2.24) is 0 Å². The Balaban J connectivity index is 2.58. The molecule has 0 saturated heterocycles. The molecule has 0 radical (unpaired) electrons. The number of benzene rings is 2. The first-order valence-corrected chi connectivity index (χ1v) is 6.25. The summed E-state index contributed by atoms with van der Waals surface area (Å²) in [5.74, 6) is -0.701. The summed E-state index contributed by atoms with van der Waals surface area (Å²) in [6.45, 7) is 0. The van der Waals surface area contributed by atoms with Gasteiger partial charge in [-0.05, 0) is 12.1 Å². The molecule has 0 heterocycles. The van der Waals surface area contributed by atoms with Gasteiger partial charge in [-0.15, -0.1) is 0 Å². The van der Waals surface area contributed by atoms with Crippen LogP contribution >= 0.6 is 0 Å². The Hall–Kier alpha value is -3.89. The van der Waals surface area contributed by atoms with Gasteiger partial charge in [-0.3, -0.25) is 30.3 Å². The minimum Gasteiger partial charge on any atom is -0.502 e. The minimum atomic E-state index is -0.840. The predicted octanol–water partition coefficient (Wildman–Crippen LogP) is 2.87. The molecule has 24 heavy (non-hydrogen) atoms. The zero-order valence-corrected chi connectivity index (χ0v) is 11.7. The van der Waals surface area contributed by atoms with Crippen LogP contribution in [0, 0.1) is 30.3 Å². The van der Waals surface area contributed by atoms with Crippen LogP contribution in [0.15, 0.2) is 41.4 Å². The summed E-state index contributed by atoms with van der Waals surface area (Å²) in [7, 11) is 0. The van der Waals surface area contributed by atoms with Crippen molar-refractivity contribution >= 4 is 29.0 Å². The smallest absolute Gasteiger partial charge is 0.311 e. The molecule has 0 aromatic heterocycles. The first-order valence-electron chi connectivity index (χ1n) is 6.25. The predicted molar refractivity (Wildman–Crippen MR) is 81.8 cm³/mol. The molecule has 11 heteroatoms. The van der Waals surface area contributed by atoms with Crippen LogP contribution in [0.2, 0.25) is 0 Å². The van der Waals surface area contributed by atoms with E-state index >= 15 is 0 Å². The van der Waals surface area contributed by atoms with E-state index in [0.717, 1.165) is 30.5 Å². The number of nitro benzene ring substituents is 3. The fourth-order valence-electron chi connectivity index (χ4n) is 1.88. The average molecular weight is 332 g/mol. The van der Waals surface area contributed by atoms with Gasteiger partial charge >= 0.3 is 17.1 Å². The molecule has 0 unspecified atom stereocenters. The fraction of sp³-hybridized carbons (Fsp3) is 0. The lowest BCUT2D eigenvalue weighted by Gasteiger charge is -2.01. The van der Waals surface area contributed by atoms with Crippen LogP contribution in [0.1, 0.15) is 5.56 Å². The number of para-hydroxylation sites is 2. The maximum atomic E-state index is 11.0. The molecule has 2 aromatic rings. The average Bonchev–Trinajstić information content (AvgIpc) is 2.53. The van der Waals surface area contributed by atoms with Gasteiger partial charge in [0.15, 0.2) is 0 Å². The summed E-state index contributed by atoms with van der Waals surface area (Å²) < 4.78 is 0. The van der Waals surface area contributed by atoms with Crippen molar-refractivity contribution in [3.05, 3.63) is 72.3 Å². The van der Waals surface area contributed by atoms with Gasteiger partial charge in [0.25, 0.3) is 0 Å². The number of hydrogen-bond donors (Lipinski definition) is 1. The van der Waals surface area contributed by atoms with E-state index in [-0.39, 0.29) is 5.56 Å². The molecule has 0 atom stereocenters. The Morgan fingerprint density at radius 1 is 0.833 bits per heavy atom. The van der Waals surface area contributed by atoms with E-state index in [1.807, 2.05) is 0 Å². The zero-order chi connectivity index (χ0) is 17.9. The molecule has 1 N–H and O–H groups in total. The van der Waals surface area contributed by atoms with Gasteiger partial charge in [0.1, 0.15) is 0 Å². The van der Waals surface area contributed by atoms with Gasteiger partial charge < -0.3 is 5.11 Å². The van der Waals surface area contributed by atoms with Crippen LogP contribution in [0.4, 0.5) is 22.7 Å². The van der Waals surface area contributed by atoms with Crippen LogP contribution in [-0.2, 0) is 0 Å². The number of aliphatic imine (C=N–C) groups is 1. The third-order valence-electron chi connectivity index (χ3n) is 2.96. The molecule has 0 aliphatic heterocycles. The van der Waals surface area contributed by atoms with Crippen molar-refractivity contribution in [2.45, 2.75) is 0 Å². The molecule has 0 amide bonds. The second-order valence-electron chi connectivity index (χ2n) is 4.39. The summed E-state index contributed by atoms with van der Waals surface area (Å²) in [6, 6.07) is 6.81. The number of nitro groups is 3. The summed E-state index contributed by atoms with van der Waals surface area (Å²) in [4.78, 5) is 33.9. The van der Waals surface area contributed by atoms with Gasteiger partial charge in [-0.1, -0.05) is 6.07 Å². The summed E-state index contributed by atoms with van der Waals surface area (Å²) in [6.07, 6.45) is 0.887. The highest BCUT2D eigenvalue weighted by Crippen LogP contribution is 2.37. The largest absolute Gasteiger partial charge is 0.502 e. The van der Waals surface area contributed by atoms with Crippen molar-refractivity contribution in [2.24, 2.45) is 4.99 Å². The zero-order valence-electron chi connectivity index (χ0n) is 11.7. The van der Waals surface area contributed by atoms with Crippen molar-refractivity contribution in [3.63, 3.8) is 0 Å². The van der Waals surface area contributed by atoms with Crippen LogP contribution in [-0.4, -0.2) is 26.1 Å². The Bertz CT molecular complexity index is 846. The standard InChI is InChI=1S/C13H8N4O7/c18-13-8(3-1-6-11(13)17(23)24)7-14-12-9(15(19)20)4-2-5-10(12)16(21)22/h1-7,18H. The number of rotatable bonds is 5. The monoisotopic (exact) mass is 332 g/mol. The van der Waals surface area contributed by atoms with Crippen LogP contribution < -0.4 is 0 Å². The van der Waals surface area contributed by atoms with Crippen molar-refractivity contribution in [3.8, 4) is 5.75 Å². The number of phenols is 1. The molecular weight excluding hydrogens is 324 g/mol. The highest BCUT2D eigenvalue weighted by molar-refractivity contribution is 5.89. The van der Waals surface area contributed by atoms with E-state index in [2.05, 4.69) is 4.99 Å². The first-order chi connectivity index (χ1) is 11.3. The van der Waals surface area contributed by atoms with Crippen LogP contribution in [0.25, 0.3) is 0 Å². The molecule has 0 aliphatic carbocycles. The lowest BCUT2D eigenvalue weighted by Crippen LogP contribution is -1.95. The number of aromatic hydroxyl groups is 1. The van der Waals surface area contributed by atoms with E-state index in [1.165, 1.54) is 12.1 Å². The second kappa shape index (κ2) is 6.48. The Morgan fingerprint density at radius 2 is 1.29 bits per heavy atom. The van der Waals surface area contributed by atoms with Crippen molar-refractivity contribution in [2.75, 3.05) is 0 Å². The maximum Gasteiger partial charge on any atom is 0.311 e. The lowest BCUT2D eigenvalue weighted by atomic mass is 10.2. The number of phenolic OH excluding ortho intramolecular Hbond substituents is 1. The molecule has 2 aromatic carbocycles. The van der Waals surface area contributed by atoms with E-state index < -0.39 is 43.3 Å². The van der Waals surface area contributed by atoms with Gasteiger partial charge in [0.2, 0.25) is 11.4 Å². The summed E-state index contributed by atoms with van der Waals surface area (Å²) in [5.41, 5.74) is -2.44. The Morgan fingerprint density at radius 3 is 1.79 bits per heavy atom. The number of hydrogen-bond acceptors (Lipinski definition) is 8. The number of nitrogens with zero attached hydrogens (tertiary/aromatic N) is 4. The SMILES string of the molecule is O=[N+]([O-])c1cccc(C=Nc2c([N+](=O)[O-])cccc2[N+](=O)[O-])c1O. The van der Waals surface area contributed by atoms with Gasteiger partial charge in [-0.2, -0.15) is 0 Å². The Kier molecular flexibility index (Phi) is 4.45. The minimum absolute atomic E-state index is 0.114. The highest BCUT2D eigenvalue weighted by atomic mass is 16.6. The highest BCUT2D eigenvalue weighted by Gasteiger charge is 2.24. The Labute approximate surface area is 133 Å². The first kappa shape index (κ1) is 16.5. The third kappa shape index (κ3) is 3.14. The molecule has 0 spiro atoms. The third-order valence-corrected chi connectivity index (χ3v) is 2.96. The lowest BCUT2D eigenvalue weighted by molar-refractivity contribution is -0.392. The topological polar surface area (TPSA) is 162 Å². The van der Waals surface area contributed by atoms with Crippen molar-refractivity contribution in [1.29, 1.82) is 0 Å². The summed E-state index contributed by atoms with van der Waals surface area (Å²) in [5, 5.41) is 42.5. The van der Waals surface area contributed by atoms with E-state index in [9.17, 15) is 35.4 Å². The normalized spacial score (nSPS) is 10.7. The molecule has 122 valence electrons. The molecular formula is C13H8N4O7. The van der Waals surface area contributed by atoms with Gasteiger partial charge in [-0.25, -0.2) is 4.99 Å². The summed E-state index contributed by atoms with van der Waals surface area (Å²) >= 11 is 0. The molecule has 11 nitrogen and oxygen atoms in total. The molecule has 0 aliphatic rings. The van der Waals surface area contributed by atoms with E-state index in [0.29, 0.717) is 0 Å². The van der Waals surface area contributed by atoms with Gasteiger partial charge in [0.05, 0.1) is 14.8 Å². The fourth-order valence-corrected chi connectivity index (χ4v) is 1.88. The second-order valence-corrected chi connectivity index (χ2v) is 4.39. The molecule has 0 fully saturated rings. The molecule has 2 rings (SSSR count). The van der Waals surface area contributed by atoms with Crippen LogP contribution in [0.3, 0.4) is 0 Å². The maximum absolute atomic E-state index is 11.0. The van der Waals surface area contributed by atoms with Crippen molar-refractivity contribution < 1.29 is 19.9 Å². The quantitative estimate of drug-likeness (QED) is 0.499. The van der Waals surface area contributed by atoms with E-state index in [1.54, 1.807) is 0 Å². The van der Waals surface area contributed by atoms with Gasteiger partial charge in [0, 0.05) is 30.0 Å². The molecule has 0 saturated carbocycles.